The van der Waals surface area contributed by atoms with Crippen molar-refractivity contribution in [1.82, 2.24) is 5.43 Å². The molecule has 104 valence electrons. The molecule has 4 aliphatic carbocycles. The molecule has 2 nitrogen and oxygen atoms in total. The zero-order chi connectivity index (χ0) is 13.0. The van der Waals surface area contributed by atoms with Gasteiger partial charge in [-0.15, -0.1) is 0 Å². The summed E-state index contributed by atoms with van der Waals surface area (Å²) < 4.78 is 0. The zero-order valence-electron chi connectivity index (χ0n) is 12.4. The fraction of sp³-hybridized carbons (Fsp3) is 1.00. The first kappa shape index (κ1) is 12.9. The van der Waals surface area contributed by atoms with Crippen LogP contribution in [0.2, 0.25) is 0 Å². The lowest BCUT2D eigenvalue weighted by molar-refractivity contribution is -0.150. The van der Waals surface area contributed by atoms with Gasteiger partial charge in [-0.1, -0.05) is 20.8 Å². The number of nitrogens with one attached hydrogen (secondary N) is 1. The molecule has 3 N–H and O–H groups in total. The minimum absolute atomic E-state index is 0.522. The predicted octanol–water partition coefficient (Wildman–Crippen LogP) is 3.62. The summed E-state index contributed by atoms with van der Waals surface area (Å²) in [6.07, 6.45) is 11.3. The van der Waals surface area contributed by atoms with E-state index in [-0.39, 0.29) is 0 Å². The molecule has 0 saturated heterocycles. The first-order chi connectivity index (χ1) is 8.40. The predicted molar refractivity (Wildman–Crippen MR) is 75.9 cm³/mol. The normalized spacial score (nSPS) is 51.7. The van der Waals surface area contributed by atoms with Crippen LogP contribution in [0.1, 0.15) is 72.1 Å². The molecular formula is C16H30N2. The molecule has 4 fully saturated rings. The summed E-state index contributed by atoms with van der Waals surface area (Å²) in [6.45, 7) is 7.37. The summed E-state index contributed by atoms with van der Waals surface area (Å²) in [6, 6.07) is 0.522. The van der Waals surface area contributed by atoms with E-state index in [4.69, 9.17) is 5.84 Å². The highest BCUT2D eigenvalue weighted by molar-refractivity contribution is 5.10. The van der Waals surface area contributed by atoms with E-state index in [1.165, 1.54) is 44.9 Å². The first-order valence-electron chi connectivity index (χ1n) is 7.86. The fourth-order valence-corrected chi connectivity index (χ4v) is 6.76. The SMILES string of the molecule is CCC(CC12CC3CC(C)(CC(C)(C3)C1)C2)NN. The van der Waals surface area contributed by atoms with Crippen LogP contribution in [-0.4, -0.2) is 6.04 Å². The minimum Gasteiger partial charge on any atom is -0.271 e. The molecule has 3 atom stereocenters. The number of hydrazine groups is 1. The van der Waals surface area contributed by atoms with Crippen molar-refractivity contribution in [3.63, 3.8) is 0 Å². The van der Waals surface area contributed by atoms with Crippen LogP contribution in [0.3, 0.4) is 0 Å². The Bertz CT molecular complexity index is 316. The lowest BCUT2D eigenvalue weighted by atomic mass is 9.39. The monoisotopic (exact) mass is 250 g/mol. The molecule has 4 aliphatic rings. The van der Waals surface area contributed by atoms with Crippen molar-refractivity contribution in [1.29, 1.82) is 0 Å². The molecule has 0 aromatic heterocycles. The number of hydrogen-bond acceptors (Lipinski definition) is 2. The second-order valence-electron chi connectivity index (χ2n) is 8.61. The Kier molecular flexibility index (Phi) is 2.84. The lowest BCUT2D eigenvalue weighted by Crippen LogP contribution is -2.56. The van der Waals surface area contributed by atoms with Gasteiger partial charge in [0.25, 0.3) is 0 Å². The lowest BCUT2D eigenvalue weighted by Gasteiger charge is -2.66. The maximum absolute atomic E-state index is 5.73. The molecule has 0 heterocycles. The van der Waals surface area contributed by atoms with Gasteiger partial charge in [-0.25, -0.2) is 0 Å². The Morgan fingerprint density at radius 1 is 1.11 bits per heavy atom. The van der Waals surface area contributed by atoms with Gasteiger partial charge < -0.3 is 0 Å². The molecule has 0 aromatic rings. The quantitative estimate of drug-likeness (QED) is 0.591. The van der Waals surface area contributed by atoms with Crippen molar-refractivity contribution in [3.05, 3.63) is 0 Å². The molecule has 0 aliphatic heterocycles. The third-order valence-electron chi connectivity index (χ3n) is 6.15. The summed E-state index contributed by atoms with van der Waals surface area (Å²) in [5.41, 5.74) is 4.94. The van der Waals surface area contributed by atoms with Gasteiger partial charge in [-0.2, -0.15) is 0 Å². The van der Waals surface area contributed by atoms with Crippen LogP contribution in [0.4, 0.5) is 0 Å². The Morgan fingerprint density at radius 3 is 2.17 bits per heavy atom. The Labute approximate surface area is 112 Å². The van der Waals surface area contributed by atoms with E-state index in [2.05, 4.69) is 26.2 Å². The van der Waals surface area contributed by atoms with E-state index in [9.17, 15) is 0 Å². The Hall–Kier alpha value is -0.0800. The number of hydrogen-bond donors (Lipinski definition) is 2. The Morgan fingerprint density at radius 2 is 1.72 bits per heavy atom. The van der Waals surface area contributed by atoms with E-state index < -0.39 is 0 Å². The van der Waals surface area contributed by atoms with E-state index in [1.54, 1.807) is 0 Å². The highest BCUT2D eigenvalue weighted by Gasteiger charge is 2.59. The molecule has 4 rings (SSSR count). The standard InChI is InChI=1S/C16H30N2/c1-4-13(18-17)8-16-7-12-5-14(2,10-16)9-15(3,6-12)11-16/h12-13,18H,4-11,17H2,1-3H3. The van der Waals surface area contributed by atoms with Gasteiger partial charge in [0.15, 0.2) is 0 Å². The van der Waals surface area contributed by atoms with Crippen LogP contribution in [0.25, 0.3) is 0 Å². The largest absolute Gasteiger partial charge is 0.271 e. The van der Waals surface area contributed by atoms with Crippen molar-refractivity contribution >= 4 is 0 Å². The van der Waals surface area contributed by atoms with Crippen LogP contribution in [0, 0.1) is 22.2 Å². The van der Waals surface area contributed by atoms with E-state index >= 15 is 0 Å². The molecule has 3 unspecified atom stereocenters. The average molecular weight is 250 g/mol. The first-order valence-corrected chi connectivity index (χ1v) is 7.86. The molecular weight excluding hydrogens is 220 g/mol. The van der Waals surface area contributed by atoms with Gasteiger partial charge in [0.1, 0.15) is 0 Å². The van der Waals surface area contributed by atoms with Gasteiger partial charge in [-0.05, 0) is 73.5 Å². The fourth-order valence-electron chi connectivity index (χ4n) is 6.76. The van der Waals surface area contributed by atoms with E-state index in [0.717, 1.165) is 12.3 Å². The van der Waals surface area contributed by atoms with Crippen molar-refractivity contribution in [3.8, 4) is 0 Å². The van der Waals surface area contributed by atoms with Crippen LogP contribution in [0.5, 0.6) is 0 Å². The summed E-state index contributed by atoms with van der Waals surface area (Å²) in [5, 5.41) is 0. The topological polar surface area (TPSA) is 38.0 Å². The minimum atomic E-state index is 0.522. The highest BCUT2D eigenvalue weighted by atomic mass is 15.2. The maximum atomic E-state index is 5.73. The van der Waals surface area contributed by atoms with Crippen molar-refractivity contribution in [2.24, 2.45) is 28.0 Å². The van der Waals surface area contributed by atoms with Crippen LogP contribution in [0.15, 0.2) is 0 Å². The summed E-state index contributed by atoms with van der Waals surface area (Å²) in [4.78, 5) is 0. The molecule has 4 saturated carbocycles. The van der Waals surface area contributed by atoms with Crippen molar-refractivity contribution in [2.75, 3.05) is 0 Å². The smallest absolute Gasteiger partial charge is 0.0213 e. The van der Waals surface area contributed by atoms with E-state index in [1.807, 2.05) is 0 Å². The molecule has 0 amide bonds. The molecule has 0 radical (unpaired) electrons. The van der Waals surface area contributed by atoms with Gasteiger partial charge in [0.2, 0.25) is 0 Å². The van der Waals surface area contributed by atoms with E-state index in [0.29, 0.717) is 22.3 Å². The molecule has 2 heteroatoms. The van der Waals surface area contributed by atoms with Crippen LogP contribution >= 0.6 is 0 Å². The third kappa shape index (κ3) is 2.02. The van der Waals surface area contributed by atoms with Gasteiger partial charge in [0, 0.05) is 6.04 Å². The number of rotatable bonds is 4. The van der Waals surface area contributed by atoms with Crippen LogP contribution in [-0.2, 0) is 0 Å². The van der Waals surface area contributed by atoms with Gasteiger partial charge >= 0.3 is 0 Å². The Balaban J connectivity index is 1.84. The summed E-state index contributed by atoms with van der Waals surface area (Å²) in [7, 11) is 0. The van der Waals surface area contributed by atoms with Crippen molar-refractivity contribution < 1.29 is 0 Å². The summed E-state index contributed by atoms with van der Waals surface area (Å²) >= 11 is 0. The zero-order valence-corrected chi connectivity index (χ0v) is 12.4. The van der Waals surface area contributed by atoms with Crippen LogP contribution < -0.4 is 11.3 Å². The molecule has 0 spiro atoms. The van der Waals surface area contributed by atoms with Gasteiger partial charge in [-0.3, -0.25) is 11.3 Å². The third-order valence-corrected chi connectivity index (χ3v) is 6.15. The maximum Gasteiger partial charge on any atom is 0.0213 e. The molecule has 0 aromatic carbocycles. The number of nitrogens with two attached hydrogens (primary N) is 1. The average Bonchev–Trinajstić information content (AvgIpc) is 2.20. The highest BCUT2D eigenvalue weighted by Crippen LogP contribution is 2.70. The second-order valence-corrected chi connectivity index (χ2v) is 8.61. The molecule has 4 bridgehead atoms. The molecule has 18 heavy (non-hydrogen) atoms. The summed E-state index contributed by atoms with van der Waals surface area (Å²) in [5.74, 6) is 6.73. The van der Waals surface area contributed by atoms with Crippen molar-refractivity contribution in [2.45, 2.75) is 78.2 Å². The second kappa shape index (κ2) is 3.96. The van der Waals surface area contributed by atoms with Gasteiger partial charge in [0.05, 0.1) is 0 Å².